The van der Waals surface area contributed by atoms with Crippen molar-refractivity contribution >= 4 is 27.5 Å². The number of hydrogen-bond acceptors (Lipinski definition) is 3. The summed E-state index contributed by atoms with van der Waals surface area (Å²) in [6.45, 7) is 3.49. The maximum absolute atomic E-state index is 12.6. The van der Waals surface area contributed by atoms with Gasteiger partial charge in [0.2, 0.25) is 0 Å². The first-order valence-electron chi connectivity index (χ1n) is 11.2. The van der Waals surface area contributed by atoms with Crippen molar-refractivity contribution in [2.45, 2.75) is 39.0 Å². The molecule has 0 heterocycles. The predicted molar refractivity (Wildman–Crippen MR) is 134 cm³/mol. The lowest BCUT2D eigenvalue weighted by Gasteiger charge is -2.11. The molecule has 3 rings (SSSR count). The van der Waals surface area contributed by atoms with Gasteiger partial charge in [-0.25, -0.2) is 0 Å². The highest BCUT2D eigenvalue weighted by Crippen LogP contribution is 2.27. The van der Waals surface area contributed by atoms with Crippen molar-refractivity contribution < 1.29 is 14.3 Å². The highest BCUT2D eigenvalue weighted by molar-refractivity contribution is 9.10. The van der Waals surface area contributed by atoms with E-state index in [1.807, 2.05) is 48.5 Å². The fraction of sp³-hybridized carbons (Fsp3) is 0.296. The van der Waals surface area contributed by atoms with Gasteiger partial charge in [-0.1, -0.05) is 56.5 Å². The summed E-state index contributed by atoms with van der Waals surface area (Å²) in [6.07, 6.45) is 5.54. The molecule has 168 valence electrons. The molecule has 1 N–H and O–H groups in total. The number of amides is 1. The van der Waals surface area contributed by atoms with Gasteiger partial charge in [-0.05, 0) is 70.4 Å². The fourth-order valence-corrected chi connectivity index (χ4v) is 3.73. The van der Waals surface area contributed by atoms with Crippen LogP contribution in [0.4, 0.5) is 5.69 Å². The van der Waals surface area contributed by atoms with Crippen LogP contribution in [0.2, 0.25) is 0 Å². The van der Waals surface area contributed by atoms with Crippen molar-refractivity contribution in [1.82, 2.24) is 0 Å². The van der Waals surface area contributed by atoms with Gasteiger partial charge in [0, 0.05) is 17.7 Å². The molecule has 0 fully saturated rings. The number of carbonyl (C=O) groups is 1. The van der Waals surface area contributed by atoms with Gasteiger partial charge in [0.05, 0.1) is 17.7 Å². The summed E-state index contributed by atoms with van der Waals surface area (Å²) in [6, 6.07) is 23.1. The monoisotopic (exact) mass is 495 g/mol. The van der Waals surface area contributed by atoms with Crippen molar-refractivity contribution in [3.05, 3.63) is 88.4 Å². The van der Waals surface area contributed by atoms with Crippen LogP contribution in [0.25, 0.3) is 0 Å². The zero-order chi connectivity index (χ0) is 22.6. The Morgan fingerprint density at radius 3 is 2.38 bits per heavy atom. The number of ether oxygens (including phenoxy) is 2. The minimum Gasteiger partial charge on any atom is -0.494 e. The van der Waals surface area contributed by atoms with E-state index in [1.54, 1.807) is 12.1 Å². The van der Waals surface area contributed by atoms with E-state index in [0.717, 1.165) is 41.1 Å². The molecule has 0 spiro atoms. The number of benzene rings is 3. The quantitative estimate of drug-likeness (QED) is 0.268. The van der Waals surface area contributed by atoms with Gasteiger partial charge in [-0.3, -0.25) is 4.79 Å². The third-order valence-electron chi connectivity index (χ3n) is 5.06. The van der Waals surface area contributed by atoms with Crippen molar-refractivity contribution in [2.75, 3.05) is 18.5 Å². The average molecular weight is 496 g/mol. The topological polar surface area (TPSA) is 47.6 Å². The molecular formula is C27H30BrNO3. The van der Waals surface area contributed by atoms with Gasteiger partial charge in [0.15, 0.2) is 0 Å². The van der Waals surface area contributed by atoms with E-state index in [2.05, 4.69) is 40.3 Å². The van der Waals surface area contributed by atoms with Crippen LogP contribution in [-0.4, -0.2) is 19.1 Å². The lowest BCUT2D eigenvalue weighted by Crippen LogP contribution is -2.12. The molecule has 1 amide bonds. The summed E-state index contributed by atoms with van der Waals surface area (Å²) < 4.78 is 12.4. The normalized spacial score (nSPS) is 10.6. The van der Waals surface area contributed by atoms with E-state index in [4.69, 9.17) is 9.47 Å². The van der Waals surface area contributed by atoms with Crippen LogP contribution in [0.15, 0.2) is 77.3 Å². The van der Waals surface area contributed by atoms with Crippen molar-refractivity contribution in [3.63, 3.8) is 0 Å². The second-order valence-electron chi connectivity index (χ2n) is 7.62. The third-order valence-corrected chi connectivity index (χ3v) is 5.68. The standard InChI is InChI=1S/C27H30BrNO3/c1-2-3-4-8-18-31-24-14-12-23(13-15-24)29-27(30)22-11-16-26(25(28)20-22)32-19-17-21-9-6-5-7-10-21/h5-7,9-16,20H,2-4,8,17-19H2,1H3,(H,29,30). The van der Waals surface area contributed by atoms with E-state index in [0.29, 0.717) is 12.2 Å². The molecule has 32 heavy (non-hydrogen) atoms. The minimum atomic E-state index is -0.172. The molecule has 5 heteroatoms. The van der Waals surface area contributed by atoms with E-state index < -0.39 is 0 Å². The Balaban J connectivity index is 1.47. The van der Waals surface area contributed by atoms with E-state index >= 15 is 0 Å². The van der Waals surface area contributed by atoms with Gasteiger partial charge in [-0.2, -0.15) is 0 Å². The SMILES string of the molecule is CCCCCCOc1ccc(NC(=O)c2ccc(OCCc3ccccc3)c(Br)c2)cc1. The highest BCUT2D eigenvalue weighted by atomic mass is 79.9. The molecule has 0 radical (unpaired) electrons. The smallest absolute Gasteiger partial charge is 0.255 e. The minimum absolute atomic E-state index is 0.172. The number of unbranched alkanes of at least 4 members (excludes halogenated alkanes) is 3. The van der Waals surface area contributed by atoms with Crippen molar-refractivity contribution in [2.24, 2.45) is 0 Å². The summed E-state index contributed by atoms with van der Waals surface area (Å²) >= 11 is 3.51. The molecule has 0 aliphatic carbocycles. The van der Waals surface area contributed by atoms with Crippen molar-refractivity contribution in [3.8, 4) is 11.5 Å². The van der Waals surface area contributed by atoms with Crippen molar-refractivity contribution in [1.29, 1.82) is 0 Å². The van der Waals surface area contributed by atoms with Crippen LogP contribution < -0.4 is 14.8 Å². The van der Waals surface area contributed by atoms with E-state index in [1.165, 1.54) is 24.8 Å². The molecule has 0 saturated heterocycles. The molecule has 0 aliphatic heterocycles. The Morgan fingerprint density at radius 1 is 0.875 bits per heavy atom. The molecule has 0 aromatic heterocycles. The van der Waals surface area contributed by atoms with Crippen LogP contribution in [0.3, 0.4) is 0 Å². The molecule has 3 aromatic carbocycles. The summed E-state index contributed by atoms with van der Waals surface area (Å²) in [5.74, 6) is 1.37. The summed E-state index contributed by atoms with van der Waals surface area (Å²) in [7, 11) is 0. The first-order valence-corrected chi connectivity index (χ1v) is 12.0. The molecule has 0 atom stereocenters. The maximum Gasteiger partial charge on any atom is 0.255 e. The Bertz CT molecular complexity index is 974. The van der Waals surface area contributed by atoms with Crippen LogP contribution in [0.1, 0.15) is 48.5 Å². The number of hydrogen-bond donors (Lipinski definition) is 1. The number of halogens is 1. The lowest BCUT2D eigenvalue weighted by atomic mass is 10.1. The molecule has 0 unspecified atom stereocenters. The Hall–Kier alpha value is -2.79. The van der Waals surface area contributed by atoms with Gasteiger partial charge < -0.3 is 14.8 Å². The van der Waals surface area contributed by atoms with Crippen LogP contribution in [0.5, 0.6) is 11.5 Å². The zero-order valence-electron chi connectivity index (χ0n) is 18.5. The largest absolute Gasteiger partial charge is 0.494 e. The first kappa shape index (κ1) is 23.9. The van der Waals surface area contributed by atoms with Crippen LogP contribution in [0, 0.1) is 0 Å². The van der Waals surface area contributed by atoms with Gasteiger partial charge in [0.25, 0.3) is 5.91 Å². The first-order chi connectivity index (χ1) is 15.7. The summed E-state index contributed by atoms with van der Waals surface area (Å²) in [5, 5.41) is 2.92. The molecular weight excluding hydrogens is 466 g/mol. The number of rotatable bonds is 12. The maximum atomic E-state index is 12.6. The van der Waals surface area contributed by atoms with E-state index in [-0.39, 0.29) is 5.91 Å². The van der Waals surface area contributed by atoms with Gasteiger partial charge >= 0.3 is 0 Å². The fourth-order valence-electron chi connectivity index (χ4n) is 3.24. The molecule has 0 saturated carbocycles. The second-order valence-corrected chi connectivity index (χ2v) is 8.47. The lowest BCUT2D eigenvalue weighted by molar-refractivity contribution is 0.102. The zero-order valence-corrected chi connectivity index (χ0v) is 20.1. The average Bonchev–Trinajstić information content (AvgIpc) is 2.81. The van der Waals surface area contributed by atoms with Crippen LogP contribution >= 0.6 is 15.9 Å². The highest BCUT2D eigenvalue weighted by Gasteiger charge is 2.10. The second kappa shape index (κ2) is 12.9. The van der Waals surface area contributed by atoms with E-state index in [9.17, 15) is 4.79 Å². The van der Waals surface area contributed by atoms with Gasteiger partial charge in [-0.15, -0.1) is 0 Å². The third kappa shape index (κ3) is 7.72. The molecule has 0 bridgehead atoms. The summed E-state index contributed by atoms with van der Waals surface area (Å²) in [4.78, 5) is 12.6. The van der Waals surface area contributed by atoms with Gasteiger partial charge in [0.1, 0.15) is 11.5 Å². The Morgan fingerprint density at radius 2 is 1.66 bits per heavy atom. The van der Waals surface area contributed by atoms with Crippen LogP contribution in [-0.2, 0) is 6.42 Å². The Labute approximate surface area is 199 Å². The molecule has 3 aromatic rings. The summed E-state index contributed by atoms with van der Waals surface area (Å²) in [5.41, 5.74) is 2.52. The number of anilines is 1. The predicted octanol–water partition coefficient (Wildman–Crippen LogP) is 7.28. The number of carbonyl (C=O) groups excluding carboxylic acids is 1. The number of nitrogens with one attached hydrogen (secondary N) is 1. The Kier molecular flexibility index (Phi) is 9.63. The molecule has 4 nitrogen and oxygen atoms in total. The molecule has 0 aliphatic rings.